The third-order valence-electron chi connectivity index (χ3n) is 2.79. The first-order valence-electron chi connectivity index (χ1n) is 6.12. The van der Waals surface area contributed by atoms with Crippen LogP contribution in [0.25, 0.3) is 0 Å². The van der Waals surface area contributed by atoms with Crippen LogP contribution in [0.1, 0.15) is 20.3 Å². The highest BCUT2D eigenvalue weighted by Crippen LogP contribution is 2.30. The average Bonchev–Trinajstić information content (AvgIpc) is 2.44. The van der Waals surface area contributed by atoms with E-state index in [0.29, 0.717) is 0 Å². The molecule has 10 nitrogen and oxygen atoms in total. The highest BCUT2D eigenvalue weighted by molar-refractivity contribution is 5.72. The summed E-state index contributed by atoms with van der Waals surface area (Å²) < 4.78 is 19.7. The van der Waals surface area contributed by atoms with Crippen molar-refractivity contribution in [2.75, 3.05) is 14.2 Å². The lowest BCUT2D eigenvalue weighted by atomic mass is 10.1. The average molecular weight is 316 g/mol. The van der Waals surface area contributed by atoms with Gasteiger partial charge < -0.3 is 18.9 Å². The largest absolute Gasteiger partial charge is 0.419 e. The molecule has 0 amide bonds. The fraction of sp³-hybridized carbons (Fsp3) is 0.583. The molecule has 122 valence electrons. The molecule has 0 saturated heterocycles. The Labute approximate surface area is 125 Å². The molecule has 0 fully saturated rings. The van der Waals surface area contributed by atoms with Crippen LogP contribution in [0.3, 0.4) is 0 Å². The number of aliphatic imine (C=N–C) groups is 1. The minimum Gasteiger partial charge on any atom is -0.419 e. The van der Waals surface area contributed by atoms with E-state index in [9.17, 15) is 19.7 Å². The lowest BCUT2D eigenvalue weighted by molar-refractivity contribution is -0.435. The van der Waals surface area contributed by atoms with E-state index in [2.05, 4.69) is 4.99 Å². The van der Waals surface area contributed by atoms with Gasteiger partial charge >= 0.3 is 11.9 Å². The molecule has 0 atom stereocenters. The molecule has 0 aromatic rings. The van der Waals surface area contributed by atoms with Gasteiger partial charge in [0.05, 0.1) is 11.1 Å². The number of nitrogens with zero attached hydrogens (tertiary/aromatic N) is 2. The summed E-state index contributed by atoms with van der Waals surface area (Å²) in [7, 11) is 2.60. The number of nitro groups is 1. The van der Waals surface area contributed by atoms with Crippen LogP contribution >= 0.6 is 0 Å². The zero-order valence-electron chi connectivity index (χ0n) is 12.5. The zero-order chi connectivity index (χ0) is 16.9. The second-order valence-electron chi connectivity index (χ2n) is 4.29. The SMILES string of the molecule is COC1(OC)C=NC(C(OC(C)=O)OC(C)=O)=C([N+](=O)[O-])C1. The van der Waals surface area contributed by atoms with Crippen molar-refractivity contribution in [1.82, 2.24) is 0 Å². The van der Waals surface area contributed by atoms with Crippen LogP contribution in [-0.4, -0.2) is 49.4 Å². The predicted octanol–water partition coefficient (Wildman–Crippen LogP) is 0.391. The lowest BCUT2D eigenvalue weighted by Gasteiger charge is -2.29. The summed E-state index contributed by atoms with van der Waals surface area (Å²) in [5.41, 5.74) is -0.751. The smallest absolute Gasteiger partial charge is 0.306 e. The summed E-state index contributed by atoms with van der Waals surface area (Å²) in [6, 6.07) is 0. The molecule has 0 aliphatic carbocycles. The van der Waals surface area contributed by atoms with E-state index in [1.54, 1.807) is 0 Å². The van der Waals surface area contributed by atoms with Gasteiger partial charge in [0.1, 0.15) is 6.42 Å². The number of esters is 2. The van der Waals surface area contributed by atoms with Crippen LogP contribution in [0.4, 0.5) is 0 Å². The molecule has 0 unspecified atom stereocenters. The van der Waals surface area contributed by atoms with Crippen molar-refractivity contribution in [1.29, 1.82) is 0 Å². The number of carbonyl (C=O) groups excluding carboxylic acids is 2. The van der Waals surface area contributed by atoms with Gasteiger partial charge in [0.25, 0.3) is 12.0 Å². The summed E-state index contributed by atoms with van der Waals surface area (Å²) in [5, 5.41) is 11.2. The highest BCUT2D eigenvalue weighted by atomic mass is 16.7. The molecule has 1 aliphatic heterocycles. The van der Waals surface area contributed by atoms with E-state index in [-0.39, 0.29) is 12.1 Å². The summed E-state index contributed by atoms with van der Waals surface area (Å²) in [4.78, 5) is 36.5. The van der Waals surface area contributed by atoms with Crippen molar-refractivity contribution in [3.8, 4) is 0 Å². The van der Waals surface area contributed by atoms with Gasteiger partial charge in [0.2, 0.25) is 5.79 Å². The summed E-state index contributed by atoms with van der Waals surface area (Å²) in [6.45, 7) is 2.15. The molecule has 0 aromatic carbocycles. The van der Waals surface area contributed by atoms with Gasteiger partial charge in [-0.2, -0.15) is 0 Å². The first-order valence-corrected chi connectivity index (χ1v) is 6.12. The molecule has 0 spiro atoms. The monoisotopic (exact) mass is 316 g/mol. The van der Waals surface area contributed by atoms with Crippen molar-refractivity contribution in [2.45, 2.75) is 32.3 Å². The Kier molecular flexibility index (Phi) is 5.71. The van der Waals surface area contributed by atoms with Crippen molar-refractivity contribution in [2.24, 2.45) is 4.99 Å². The van der Waals surface area contributed by atoms with Crippen LogP contribution in [0, 0.1) is 10.1 Å². The first kappa shape index (κ1) is 17.7. The van der Waals surface area contributed by atoms with Crippen LogP contribution in [0.15, 0.2) is 16.4 Å². The quantitative estimate of drug-likeness (QED) is 0.298. The van der Waals surface area contributed by atoms with Gasteiger partial charge in [-0.05, 0) is 0 Å². The number of hydrogen-bond donors (Lipinski definition) is 0. The molecule has 10 heteroatoms. The molecule has 1 aliphatic rings. The maximum absolute atomic E-state index is 11.2. The fourth-order valence-electron chi connectivity index (χ4n) is 1.74. The molecule has 0 bridgehead atoms. The molecular weight excluding hydrogens is 300 g/mol. The third kappa shape index (κ3) is 4.09. The Morgan fingerprint density at radius 2 is 1.77 bits per heavy atom. The lowest BCUT2D eigenvalue weighted by Crippen LogP contribution is -2.41. The van der Waals surface area contributed by atoms with E-state index in [0.717, 1.165) is 13.8 Å². The van der Waals surface area contributed by atoms with Gasteiger partial charge in [0, 0.05) is 28.1 Å². The molecule has 1 rings (SSSR count). The maximum atomic E-state index is 11.2. The standard InChI is InChI=1S/C12H16N2O8/c1-7(15)21-11(22-8(2)16)10-9(14(17)18)5-12(19-3,20-4)6-13-10/h6,11H,5H2,1-4H3. The Hall–Kier alpha value is -2.33. The zero-order valence-corrected chi connectivity index (χ0v) is 12.5. The minimum absolute atomic E-state index is 0.301. The molecule has 0 saturated carbocycles. The third-order valence-corrected chi connectivity index (χ3v) is 2.79. The van der Waals surface area contributed by atoms with Gasteiger partial charge in [-0.1, -0.05) is 0 Å². The highest BCUT2D eigenvalue weighted by Gasteiger charge is 2.42. The first-order chi connectivity index (χ1) is 10.2. The normalized spacial score (nSPS) is 16.6. The summed E-state index contributed by atoms with van der Waals surface area (Å²) in [6.07, 6.45) is -0.737. The predicted molar refractivity (Wildman–Crippen MR) is 71.2 cm³/mol. The summed E-state index contributed by atoms with van der Waals surface area (Å²) >= 11 is 0. The molecule has 0 radical (unpaired) electrons. The molecule has 0 aromatic heterocycles. The maximum Gasteiger partial charge on any atom is 0.306 e. The second-order valence-corrected chi connectivity index (χ2v) is 4.29. The summed E-state index contributed by atoms with van der Waals surface area (Å²) in [5.74, 6) is -2.98. The van der Waals surface area contributed by atoms with Crippen LogP contribution in [0.2, 0.25) is 0 Å². The number of rotatable bonds is 6. The molecule has 0 N–H and O–H groups in total. The Morgan fingerprint density at radius 1 is 1.27 bits per heavy atom. The Balaban J connectivity index is 3.25. The van der Waals surface area contributed by atoms with E-state index in [1.807, 2.05) is 0 Å². The van der Waals surface area contributed by atoms with Gasteiger partial charge in [-0.15, -0.1) is 0 Å². The van der Waals surface area contributed by atoms with Gasteiger partial charge in [-0.25, -0.2) is 4.99 Å². The van der Waals surface area contributed by atoms with Crippen molar-refractivity contribution in [3.05, 3.63) is 21.5 Å². The van der Waals surface area contributed by atoms with Crippen LogP contribution < -0.4 is 0 Å². The Morgan fingerprint density at radius 3 is 2.14 bits per heavy atom. The van der Waals surface area contributed by atoms with E-state index in [1.165, 1.54) is 20.4 Å². The van der Waals surface area contributed by atoms with Gasteiger partial charge in [-0.3, -0.25) is 19.7 Å². The fourth-order valence-corrected chi connectivity index (χ4v) is 1.74. The molecule has 1 heterocycles. The number of methoxy groups -OCH3 is 2. The van der Waals surface area contributed by atoms with E-state index >= 15 is 0 Å². The van der Waals surface area contributed by atoms with E-state index < -0.39 is 34.6 Å². The van der Waals surface area contributed by atoms with Crippen LogP contribution in [-0.2, 0) is 28.5 Å². The second kappa shape index (κ2) is 7.09. The minimum atomic E-state index is -1.61. The topological polar surface area (TPSA) is 127 Å². The number of hydrogen-bond acceptors (Lipinski definition) is 9. The van der Waals surface area contributed by atoms with Crippen molar-refractivity contribution in [3.63, 3.8) is 0 Å². The van der Waals surface area contributed by atoms with E-state index in [4.69, 9.17) is 18.9 Å². The number of ether oxygens (including phenoxy) is 4. The molecule has 22 heavy (non-hydrogen) atoms. The number of carbonyl (C=O) groups is 2. The van der Waals surface area contributed by atoms with Gasteiger partial charge in [0.15, 0.2) is 5.70 Å². The molecular formula is C12H16N2O8. The van der Waals surface area contributed by atoms with Crippen molar-refractivity contribution >= 4 is 18.2 Å². The van der Waals surface area contributed by atoms with Crippen LogP contribution in [0.5, 0.6) is 0 Å². The van der Waals surface area contributed by atoms with Crippen molar-refractivity contribution < 1.29 is 33.5 Å². The Bertz CT molecular complexity index is 519.